The van der Waals surface area contributed by atoms with Gasteiger partial charge in [-0.05, 0) is 64.3 Å². The van der Waals surface area contributed by atoms with Crippen LogP contribution in [-0.2, 0) is 4.74 Å². The number of hydrogen-bond acceptors (Lipinski definition) is 7. The molecule has 0 saturated carbocycles. The van der Waals surface area contributed by atoms with Crippen LogP contribution >= 0.6 is 0 Å². The van der Waals surface area contributed by atoms with E-state index in [2.05, 4.69) is 11.0 Å². The number of aliphatic hydroxyl groups is 1. The van der Waals surface area contributed by atoms with E-state index in [1.165, 1.54) is 0 Å². The Morgan fingerprint density at radius 2 is 2.03 bits per heavy atom. The second-order valence-electron chi connectivity index (χ2n) is 9.22. The SMILES string of the molecule is CC1(C)OC(=O)N(CCC2CCN(CC3COc4ccc(C#N)cc4O3)CC2)C1CO. The second-order valence-corrected chi connectivity index (χ2v) is 9.22. The number of piperidine rings is 1. The molecule has 8 heteroatoms. The molecule has 1 N–H and O–H groups in total. The van der Waals surface area contributed by atoms with Crippen molar-refractivity contribution in [3.8, 4) is 17.6 Å². The maximum atomic E-state index is 12.2. The Balaban J connectivity index is 1.22. The highest BCUT2D eigenvalue weighted by atomic mass is 16.6. The number of likely N-dealkylation sites (tertiary alicyclic amines) is 1. The van der Waals surface area contributed by atoms with E-state index in [1.807, 2.05) is 13.8 Å². The van der Waals surface area contributed by atoms with Crippen LogP contribution in [0.3, 0.4) is 0 Å². The second kappa shape index (κ2) is 8.93. The van der Waals surface area contributed by atoms with E-state index in [0.717, 1.165) is 38.9 Å². The molecular formula is C23H31N3O5. The van der Waals surface area contributed by atoms with E-state index in [9.17, 15) is 9.90 Å². The lowest BCUT2D eigenvalue weighted by molar-refractivity contribution is 0.0440. The van der Waals surface area contributed by atoms with Crippen LogP contribution in [0.5, 0.6) is 11.5 Å². The normalized spacial score (nSPS) is 25.9. The van der Waals surface area contributed by atoms with Crippen LogP contribution in [0, 0.1) is 17.2 Å². The lowest BCUT2D eigenvalue weighted by Gasteiger charge is -2.36. The van der Waals surface area contributed by atoms with E-state index < -0.39 is 5.60 Å². The number of hydrogen-bond donors (Lipinski definition) is 1. The zero-order valence-corrected chi connectivity index (χ0v) is 18.2. The molecular weight excluding hydrogens is 398 g/mol. The number of nitrogens with zero attached hydrogens (tertiary/aromatic N) is 3. The van der Waals surface area contributed by atoms with E-state index in [1.54, 1.807) is 23.1 Å². The van der Waals surface area contributed by atoms with Gasteiger partial charge in [0.25, 0.3) is 0 Å². The molecule has 2 atom stereocenters. The van der Waals surface area contributed by atoms with Gasteiger partial charge in [0, 0.05) is 19.2 Å². The van der Waals surface area contributed by atoms with Crippen LogP contribution in [0.2, 0.25) is 0 Å². The minimum absolute atomic E-state index is 0.0510. The summed E-state index contributed by atoms with van der Waals surface area (Å²) >= 11 is 0. The highest BCUT2D eigenvalue weighted by molar-refractivity contribution is 5.71. The number of cyclic esters (lactones) is 1. The molecule has 4 rings (SSSR count). The summed E-state index contributed by atoms with van der Waals surface area (Å²) < 4.78 is 17.3. The lowest BCUT2D eigenvalue weighted by Crippen LogP contribution is -2.46. The minimum Gasteiger partial charge on any atom is -0.486 e. The number of carbonyl (C=O) groups is 1. The van der Waals surface area contributed by atoms with Gasteiger partial charge in [0.05, 0.1) is 24.3 Å². The van der Waals surface area contributed by atoms with Gasteiger partial charge < -0.3 is 19.3 Å². The third-order valence-electron chi connectivity index (χ3n) is 6.67. The number of fused-ring (bicyclic) bond motifs is 1. The zero-order chi connectivity index (χ0) is 22.0. The molecule has 3 heterocycles. The summed E-state index contributed by atoms with van der Waals surface area (Å²) in [5.41, 5.74) is -0.0818. The largest absolute Gasteiger partial charge is 0.486 e. The maximum Gasteiger partial charge on any atom is 0.410 e. The van der Waals surface area contributed by atoms with Crippen molar-refractivity contribution >= 4 is 6.09 Å². The highest BCUT2D eigenvalue weighted by Gasteiger charge is 2.47. The molecule has 168 valence electrons. The fourth-order valence-electron chi connectivity index (χ4n) is 4.76. The van der Waals surface area contributed by atoms with Crippen LogP contribution in [0.25, 0.3) is 0 Å². The molecule has 31 heavy (non-hydrogen) atoms. The zero-order valence-electron chi connectivity index (χ0n) is 18.2. The molecule has 1 aromatic rings. The summed E-state index contributed by atoms with van der Waals surface area (Å²) in [5, 5.41) is 18.8. The predicted octanol–water partition coefficient (Wildman–Crippen LogP) is 2.39. The highest BCUT2D eigenvalue weighted by Crippen LogP contribution is 2.33. The van der Waals surface area contributed by atoms with Crippen LogP contribution < -0.4 is 9.47 Å². The van der Waals surface area contributed by atoms with Crippen LogP contribution in [0.15, 0.2) is 18.2 Å². The average Bonchev–Trinajstić information content (AvgIpc) is 2.99. The summed E-state index contributed by atoms with van der Waals surface area (Å²) in [6.07, 6.45) is 2.68. The molecule has 1 amide bonds. The molecule has 2 fully saturated rings. The van der Waals surface area contributed by atoms with Crippen molar-refractivity contribution in [2.45, 2.75) is 50.9 Å². The third kappa shape index (κ3) is 4.73. The van der Waals surface area contributed by atoms with Crippen LogP contribution in [0.4, 0.5) is 4.79 Å². The molecule has 0 aliphatic carbocycles. The van der Waals surface area contributed by atoms with Crippen molar-refractivity contribution in [2.24, 2.45) is 5.92 Å². The molecule has 3 aliphatic heterocycles. The number of carbonyl (C=O) groups excluding carboxylic acids is 1. The first kappa shape index (κ1) is 21.7. The van der Waals surface area contributed by atoms with Crippen molar-refractivity contribution in [3.05, 3.63) is 23.8 Å². The smallest absolute Gasteiger partial charge is 0.410 e. The Kier molecular flexibility index (Phi) is 6.26. The summed E-state index contributed by atoms with van der Waals surface area (Å²) in [5.74, 6) is 1.89. The van der Waals surface area contributed by atoms with Gasteiger partial charge in [-0.15, -0.1) is 0 Å². The molecule has 1 aromatic carbocycles. The van der Waals surface area contributed by atoms with Crippen molar-refractivity contribution in [2.75, 3.05) is 39.4 Å². The number of rotatable bonds is 6. The van der Waals surface area contributed by atoms with Gasteiger partial charge in [0.1, 0.15) is 18.3 Å². The van der Waals surface area contributed by atoms with Gasteiger partial charge in [-0.25, -0.2) is 4.79 Å². The topological polar surface area (TPSA) is 95.3 Å². The van der Waals surface area contributed by atoms with Crippen molar-refractivity contribution < 1.29 is 24.1 Å². The fourth-order valence-corrected chi connectivity index (χ4v) is 4.76. The predicted molar refractivity (Wildman–Crippen MR) is 113 cm³/mol. The van der Waals surface area contributed by atoms with E-state index in [0.29, 0.717) is 36.1 Å². The van der Waals surface area contributed by atoms with Crippen molar-refractivity contribution in [1.29, 1.82) is 5.26 Å². The summed E-state index contributed by atoms with van der Waals surface area (Å²) in [7, 11) is 0. The Morgan fingerprint density at radius 3 is 2.74 bits per heavy atom. The van der Waals surface area contributed by atoms with E-state index >= 15 is 0 Å². The van der Waals surface area contributed by atoms with Crippen LogP contribution in [-0.4, -0.2) is 78.1 Å². The number of aliphatic hydroxyl groups excluding tert-OH is 1. The first-order valence-electron chi connectivity index (χ1n) is 11.1. The molecule has 2 saturated heterocycles. The molecule has 0 aromatic heterocycles. The standard InChI is InChI=1S/C23H31N3O5/c1-23(2)21(14-27)26(22(28)31-23)10-7-16-5-8-25(9-6-16)13-18-15-29-19-4-3-17(12-24)11-20(19)30-18/h3-4,11,16,18,21,27H,5-10,13-15H2,1-2H3. The first-order valence-corrected chi connectivity index (χ1v) is 11.1. The number of benzene rings is 1. The Hall–Kier alpha value is -2.50. The van der Waals surface area contributed by atoms with E-state index in [-0.39, 0.29) is 24.8 Å². The average molecular weight is 430 g/mol. The van der Waals surface area contributed by atoms with E-state index in [4.69, 9.17) is 19.5 Å². The molecule has 0 spiro atoms. The lowest BCUT2D eigenvalue weighted by atomic mass is 9.92. The molecule has 0 radical (unpaired) electrons. The Labute approximate surface area is 183 Å². The van der Waals surface area contributed by atoms with Crippen LogP contribution in [0.1, 0.15) is 38.7 Å². The number of amides is 1. The fraction of sp³-hybridized carbons (Fsp3) is 0.652. The van der Waals surface area contributed by atoms with Gasteiger partial charge in [-0.1, -0.05) is 0 Å². The maximum absolute atomic E-state index is 12.2. The first-order chi connectivity index (χ1) is 14.9. The Morgan fingerprint density at radius 1 is 1.26 bits per heavy atom. The minimum atomic E-state index is -0.649. The van der Waals surface area contributed by atoms with Gasteiger partial charge in [-0.3, -0.25) is 9.80 Å². The van der Waals surface area contributed by atoms with Gasteiger partial charge in [0.15, 0.2) is 11.5 Å². The Bertz CT molecular complexity index is 844. The monoisotopic (exact) mass is 429 g/mol. The van der Waals surface area contributed by atoms with Gasteiger partial charge >= 0.3 is 6.09 Å². The van der Waals surface area contributed by atoms with Crippen molar-refractivity contribution in [3.63, 3.8) is 0 Å². The molecule has 0 bridgehead atoms. The molecule has 3 aliphatic rings. The summed E-state index contributed by atoms with van der Waals surface area (Å²) in [6.45, 7) is 7.50. The quantitative estimate of drug-likeness (QED) is 0.742. The van der Waals surface area contributed by atoms with Crippen molar-refractivity contribution in [1.82, 2.24) is 9.80 Å². The third-order valence-corrected chi connectivity index (χ3v) is 6.67. The van der Waals surface area contributed by atoms with Gasteiger partial charge in [-0.2, -0.15) is 5.26 Å². The summed E-state index contributed by atoms with van der Waals surface area (Å²) in [4.78, 5) is 16.3. The van der Waals surface area contributed by atoms with Gasteiger partial charge in [0.2, 0.25) is 0 Å². The molecule has 2 unspecified atom stereocenters. The number of ether oxygens (including phenoxy) is 3. The summed E-state index contributed by atoms with van der Waals surface area (Å²) in [6, 6.07) is 7.10. The molecule has 8 nitrogen and oxygen atoms in total. The number of nitriles is 1.